The molecule has 14 heavy (non-hydrogen) atoms. The summed E-state index contributed by atoms with van der Waals surface area (Å²) < 4.78 is 5.98. The van der Waals surface area contributed by atoms with Gasteiger partial charge < -0.3 is 9.84 Å². The van der Waals surface area contributed by atoms with Gasteiger partial charge in [-0.05, 0) is 18.2 Å². The Balaban J connectivity index is 2.54. The van der Waals surface area contributed by atoms with E-state index in [9.17, 15) is 4.79 Å². The molecule has 0 atom stereocenters. The van der Waals surface area contributed by atoms with Crippen LogP contribution in [0.5, 0.6) is 5.75 Å². The van der Waals surface area contributed by atoms with Crippen molar-refractivity contribution in [2.24, 2.45) is 0 Å². The van der Waals surface area contributed by atoms with Crippen molar-refractivity contribution >= 4 is 33.5 Å². The summed E-state index contributed by atoms with van der Waals surface area (Å²) >= 11 is 9.02. The van der Waals surface area contributed by atoms with E-state index in [1.165, 1.54) is 0 Å². The highest BCUT2D eigenvalue weighted by molar-refractivity contribution is 9.10. The van der Waals surface area contributed by atoms with Gasteiger partial charge >= 0.3 is 5.97 Å². The Morgan fingerprint density at radius 2 is 2.21 bits per heavy atom. The third kappa shape index (κ3) is 3.98. The van der Waals surface area contributed by atoms with E-state index in [0.29, 0.717) is 10.8 Å². The van der Waals surface area contributed by atoms with Crippen LogP contribution in [0.1, 0.15) is 6.42 Å². The number of carbonyl (C=O) groups is 1. The molecule has 1 aromatic rings. The molecule has 0 spiro atoms. The maximum Gasteiger partial charge on any atom is 0.306 e. The highest BCUT2D eigenvalue weighted by Crippen LogP contribution is 2.24. The summed E-state index contributed by atoms with van der Waals surface area (Å²) in [4.78, 5) is 10.2. The number of hydrogen-bond acceptors (Lipinski definition) is 2. The third-order valence-corrected chi connectivity index (χ3v) is 2.10. The van der Waals surface area contributed by atoms with Gasteiger partial charge in [-0.3, -0.25) is 4.79 Å². The SMILES string of the molecule is O=C(O)CCOc1cc(Cl)cc(Br)c1. The first kappa shape index (κ1) is 11.3. The molecule has 0 aliphatic carbocycles. The fraction of sp³-hybridized carbons (Fsp3) is 0.222. The van der Waals surface area contributed by atoms with E-state index in [4.69, 9.17) is 21.4 Å². The largest absolute Gasteiger partial charge is 0.493 e. The molecule has 3 nitrogen and oxygen atoms in total. The zero-order valence-corrected chi connectivity index (χ0v) is 9.51. The van der Waals surface area contributed by atoms with Crippen molar-refractivity contribution in [1.29, 1.82) is 0 Å². The van der Waals surface area contributed by atoms with Crippen molar-refractivity contribution in [2.45, 2.75) is 6.42 Å². The number of benzene rings is 1. The van der Waals surface area contributed by atoms with Crippen LogP contribution in [0.4, 0.5) is 0 Å². The van der Waals surface area contributed by atoms with E-state index >= 15 is 0 Å². The van der Waals surface area contributed by atoms with Crippen LogP contribution >= 0.6 is 27.5 Å². The Labute approximate surface area is 94.8 Å². The highest BCUT2D eigenvalue weighted by atomic mass is 79.9. The minimum absolute atomic E-state index is 0.0237. The lowest BCUT2D eigenvalue weighted by Gasteiger charge is -2.05. The van der Waals surface area contributed by atoms with Gasteiger partial charge in [0.2, 0.25) is 0 Å². The molecule has 0 unspecified atom stereocenters. The Kier molecular flexibility index (Phi) is 4.22. The number of rotatable bonds is 4. The minimum atomic E-state index is -0.883. The first-order chi connectivity index (χ1) is 6.58. The molecular weight excluding hydrogens is 271 g/mol. The number of hydrogen-bond donors (Lipinski definition) is 1. The summed E-state index contributed by atoms with van der Waals surface area (Å²) in [6.07, 6.45) is -0.0237. The molecule has 0 aromatic heterocycles. The van der Waals surface area contributed by atoms with E-state index in [1.807, 2.05) is 0 Å². The van der Waals surface area contributed by atoms with Crippen LogP contribution in [0.25, 0.3) is 0 Å². The second-order valence-corrected chi connectivity index (χ2v) is 3.95. The highest BCUT2D eigenvalue weighted by Gasteiger charge is 2.00. The van der Waals surface area contributed by atoms with Crippen molar-refractivity contribution in [3.05, 3.63) is 27.7 Å². The van der Waals surface area contributed by atoms with Gasteiger partial charge in [0, 0.05) is 9.50 Å². The van der Waals surface area contributed by atoms with Crippen LogP contribution in [-0.2, 0) is 4.79 Å². The minimum Gasteiger partial charge on any atom is -0.493 e. The maximum atomic E-state index is 10.2. The van der Waals surface area contributed by atoms with Gasteiger partial charge in [-0.1, -0.05) is 27.5 Å². The summed E-state index contributed by atoms with van der Waals surface area (Å²) in [5.41, 5.74) is 0. The van der Waals surface area contributed by atoms with Gasteiger partial charge in [-0.15, -0.1) is 0 Å². The molecule has 1 N–H and O–H groups in total. The Morgan fingerprint density at radius 3 is 2.79 bits per heavy atom. The smallest absolute Gasteiger partial charge is 0.306 e. The molecule has 0 saturated carbocycles. The zero-order valence-electron chi connectivity index (χ0n) is 7.17. The van der Waals surface area contributed by atoms with Crippen LogP contribution in [0, 0.1) is 0 Å². The second kappa shape index (κ2) is 5.22. The third-order valence-electron chi connectivity index (χ3n) is 1.42. The van der Waals surface area contributed by atoms with Crippen LogP contribution < -0.4 is 4.74 Å². The van der Waals surface area contributed by atoms with E-state index < -0.39 is 5.97 Å². The summed E-state index contributed by atoms with van der Waals surface area (Å²) in [7, 11) is 0. The van der Waals surface area contributed by atoms with Crippen molar-refractivity contribution in [3.63, 3.8) is 0 Å². The quantitative estimate of drug-likeness (QED) is 0.922. The van der Waals surface area contributed by atoms with E-state index in [1.54, 1.807) is 18.2 Å². The summed E-state index contributed by atoms with van der Waals surface area (Å²) in [5, 5.41) is 8.93. The lowest BCUT2D eigenvalue weighted by atomic mass is 10.3. The van der Waals surface area contributed by atoms with Crippen LogP contribution in [0.15, 0.2) is 22.7 Å². The Morgan fingerprint density at radius 1 is 1.50 bits per heavy atom. The molecular formula is C9H8BrClO3. The molecule has 0 aliphatic rings. The molecule has 5 heteroatoms. The number of halogens is 2. The number of ether oxygens (including phenoxy) is 1. The van der Waals surface area contributed by atoms with Gasteiger partial charge in [0.15, 0.2) is 0 Å². The summed E-state index contributed by atoms with van der Waals surface area (Å²) in [5.74, 6) is -0.322. The molecule has 0 aliphatic heterocycles. The lowest BCUT2D eigenvalue weighted by Crippen LogP contribution is -2.04. The topological polar surface area (TPSA) is 46.5 Å². The maximum absolute atomic E-state index is 10.2. The second-order valence-electron chi connectivity index (χ2n) is 2.60. The standard InChI is InChI=1S/C9H8BrClO3/c10-6-3-7(11)5-8(4-6)14-2-1-9(12)13/h3-5H,1-2H2,(H,12,13). The van der Waals surface area contributed by atoms with E-state index in [2.05, 4.69) is 15.9 Å². The number of carboxylic acids is 1. The van der Waals surface area contributed by atoms with Crippen LogP contribution in [0.2, 0.25) is 5.02 Å². The number of aliphatic carboxylic acids is 1. The van der Waals surface area contributed by atoms with Crippen molar-refractivity contribution in [1.82, 2.24) is 0 Å². The molecule has 0 radical (unpaired) electrons. The molecule has 0 heterocycles. The molecule has 1 rings (SSSR count). The molecule has 76 valence electrons. The van der Waals surface area contributed by atoms with Crippen molar-refractivity contribution < 1.29 is 14.6 Å². The van der Waals surface area contributed by atoms with E-state index in [0.717, 1.165) is 4.47 Å². The lowest BCUT2D eigenvalue weighted by molar-refractivity contribution is -0.137. The predicted molar refractivity (Wildman–Crippen MR) is 56.9 cm³/mol. The predicted octanol–water partition coefficient (Wildman–Crippen LogP) is 2.96. The average Bonchev–Trinajstić information content (AvgIpc) is 2.01. The first-order valence-electron chi connectivity index (χ1n) is 3.88. The fourth-order valence-electron chi connectivity index (χ4n) is 0.868. The van der Waals surface area contributed by atoms with Gasteiger partial charge in [0.05, 0.1) is 13.0 Å². The Bertz CT molecular complexity index is 321. The first-order valence-corrected chi connectivity index (χ1v) is 5.06. The van der Waals surface area contributed by atoms with Gasteiger partial charge in [0.1, 0.15) is 5.75 Å². The molecule has 0 fully saturated rings. The molecule has 0 amide bonds. The van der Waals surface area contributed by atoms with Gasteiger partial charge in [0.25, 0.3) is 0 Å². The molecule has 1 aromatic carbocycles. The van der Waals surface area contributed by atoms with Gasteiger partial charge in [-0.25, -0.2) is 0 Å². The molecule has 0 saturated heterocycles. The molecule has 0 bridgehead atoms. The van der Waals surface area contributed by atoms with Gasteiger partial charge in [-0.2, -0.15) is 0 Å². The fourth-order valence-corrected chi connectivity index (χ4v) is 1.70. The number of carboxylic acid groups (broad SMARTS) is 1. The van der Waals surface area contributed by atoms with E-state index in [-0.39, 0.29) is 13.0 Å². The summed E-state index contributed by atoms with van der Waals surface area (Å²) in [6.45, 7) is 0.141. The van der Waals surface area contributed by atoms with Crippen LogP contribution in [0.3, 0.4) is 0 Å². The van der Waals surface area contributed by atoms with Crippen molar-refractivity contribution in [3.8, 4) is 5.75 Å². The Hall–Kier alpha value is -0.740. The average molecular weight is 280 g/mol. The normalized spacial score (nSPS) is 9.86. The summed E-state index contributed by atoms with van der Waals surface area (Å²) in [6, 6.07) is 5.09. The monoisotopic (exact) mass is 278 g/mol. The zero-order chi connectivity index (χ0) is 10.6. The van der Waals surface area contributed by atoms with Crippen molar-refractivity contribution in [2.75, 3.05) is 6.61 Å². The van der Waals surface area contributed by atoms with Crippen LogP contribution in [-0.4, -0.2) is 17.7 Å².